The Labute approximate surface area is 215 Å². The molecule has 0 amide bonds. The summed E-state index contributed by atoms with van der Waals surface area (Å²) in [4.78, 5) is 14.9. The van der Waals surface area contributed by atoms with Crippen molar-refractivity contribution in [3.63, 3.8) is 0 Å². The average molecular weight is 505 g/mol. The van der Waals surface area contributed by atoms with Gasteiger partial charge in [-0.3, -0.25) is 4.79 Å². The van der Waals surface area contributed by atoms with Gasteiger partial charge in [0.25, 0.3) is 8.32 Å². The van der Waals surface area contributed by atoms with Gasteiger partial charge in [-0.1, -0.05) is 81.4 Å². The number of hydrogen-bond acceptors (Lipinski definition) is 4. The highest BCUT2D eigenvalue weighted by Crippen LogP contribution is 2.36. The maximum Gasteiger partial charge on any atom is 0.261 e. The minimum Gasteiger partial charge on any atom is -0.406 e. The molecule has 4 rings (SSSR count). The predicted molar refractivity (Wildman–Crippen MR) is 147 cm³/mol. The van der Waals surface area contributed by atoms with E-state index in [0.29, 0.717) is 12.2 Å². The third-order valence-electron chi connectivity index (χ3n) is 7.20. The summed E-state index contributed by atoms with van der Waals surface area (Å²) in [5, 5.41) is 2.42. The Hall–Kier alpha value is -2.64. The summed E-state index contributed by atoms with van der Waals surface area (Å²) >= 11 is 0. The van der Waals surface area contributed by atoms with Crippen LogP contribution in [0.25, 0.3) is 0 Å². The van der Waals surface area contributed by atoms with Gasteiger partial charge in [-0.15, -0.1) is 0 Å². The fourth-order valence-electron chi connectivity index (χ4n) is 5.19. The number of halogens is 1. The van der Waals surface area contributed by atoms with E-state index >= 15 is 0 Å². The summed E-state index contributed by atoms with van der Waals surface area (Å²) in [5.41, 5.74) is 7.16. The minimum absolute atomic E-state index is 0.0277. The number of ketones is 1. The Morgan fingerprint density at radius 3 is 2.00 bits per heavy atom. The fraction of sp³-hybridized carbons (Fsp3) is 0.367. The largest absolute Gasteiger partial charge is 0.406 e. The molecule has 1 heterocycles. The number of hydrogen-bond donors (Lipinski definition) is 1. The van der Waals surface area contributed by atoms with Crippen molar-refractivity contribution in [3.8, 4) is 0 Å². The zero-order valence-corrected chi connectivity index (χ0v) is 22.5. The molecule has 0 spiro atoms. The molecule has 1 saturated heterocycles. The maximum atomic E-state index is 13.1. The van der Waals surface area contributed by atoms with E-state index < -0.39 is 8.32 Å². The molecule has 3 aromatic carbocycles. The number of nitrogens with two attached hydrogens (primary N) is 1. The molecule has 1 aliphatic rings. The van der Waals surface area contributed by atoms with Crippen molar-refractivity contribution in [3.05, 3.63) is 96.3 Å². The van der Waals surface area contributed by atoms with E-state index in [1.54, 1.807) is 12.1 Å². The highest BCUT2D eigenvalue weighted by Gasteiger charge is 2.50. The number of Topliss-reactive ketones (excluding diaryl/α,β-unsaturated/α-hetero) is 1. The van der Waals surface area contributed by atoms with Crippen molar-refractivity contribution in [2.75, 3.05) is 26.2 Å². The van der Waals surface area contributed by atoms with Crippen molar-refractivity contribution in [1.82, 2.24) is 4.90 Å². The van der Waals surface area contributed by atoms with Gasteiger partial charge >= 0.3 is 0 Å². The van der Waals surface area contributed by atoms with Crippen LogP contribution >= 0.6 is 0 Å². The summed E-state index contributed by atoms with van der Waals surface area (Å²) in [7, 11) is -2.60. The molecule has 0 aromatic heterocycles. The Morgan fingerprint density at radius 1 is 0.972 bits per heavy atom. The minimum atomic E-state index is -2.60. The Bertz CT molecular complexity index is 1090. The third kappa shape index (κ3) is 5.68. The molecule has 3 aromatic rings. The van der Waals surface area contributed by atoms with Crippen molar-refractivity contribution in [2.45, 2.75) is 38.3 Å². The molecule has 1 unspecified atom stereocenters. The topological polar surface area (TPSA) is 55.6 Å². The van der Waals surface area contributed by atoms with Gasteiger partial charge in [-0.05, 0) is 52.6 Å². The van der Waals surface area contributed by atoms with E-state index in [-0.39, 0.29) is 28.6 Å². The van der Waals surface area contributed by atoms with Gasteiger partial charge in [-0.25, -0.2) is 4.39 Å². The third-order valence-corrected chi connectivity index (χ3v) is 12.2. The molecule has 0 radical (unpaired) electrons. The lowest BCUT2D eigenvalue weighted by atomic mass is 9.90. The van der Waals surface area contributed by atoms with Crippen LogP contribution in [0.4, 0.5) is 4.39 Å². The van der Waals surface area contributed by atoms with Crippen LogP contribution in [-0.4, -0.2) is 51.3 Å². The average Bonchev–Trinajstić information content (AvgIpc) is 2.84. The summed E-state index contributed by atoms with van der Waals surface area (Å²) in [6.07, 6.45) is 0.801. The van der Waals surface area contributed by atoms with Gasteiger partial charge in [0.2, 0.25) is 0 Å². The van der Waals surface area contributed by atoms with E-state index in [1.165, 1.54) is 22.5 Å². The van der Waals surface area contributed by atoms with Crippen LogP contribution in [0.3, 0.4) is 0 Å². The number of rotatable bonds is 10. The second kappa shape index (κ2) is 11.2. The highest BCUT2D eigenvalue weighted by atomic mass is 28.4. The van der Waals surface area contributed by atoms with Gasteiger partial charge in [-0.2, -0.15) is 0 Å². The molecule has 36 heavy (non-hydrogen) atoms. The molecule has 1 atom stereocenters. The van der Waals surface area contributed by atoms with Crippen LogP contribution in [0, 0.1) is 11.7 Å². The molecule has 4 nitrogen and oxygen atoms in total. The van der Waals surface area contributed by atoms with E-state index in [4.69, 9.17) is 10.2 Å². The Morgan fingerprint density at radius 2 is 1.50 bits per heavy atom. The summed E-state index contributed by atoms with van der Waals surface area (Å²) in [6.45, 7) is 9.56. The van der Waals surface area contributed by atoms with Crippen molar-refractivity contribution < 1.29 is 13.6 Å². The first-order valence-electron chi connectivity index (χ1n) is 12.7. The molecular weight excluding hydrogens is 467 g/mol. The SMILES string of the molecule is CC(C)(C)[Si](OCC(N)CCN1CC(C(=O)c2ccc(F)cc2)C1)(c1ccccc1)c1ccccc1. The normalized spacial score (nSPS) is 15.9. The molecule has 190 valence electrons. The number of nitrogens with zero attached hydrogens (tertiary/aromatic N) is 1. The van der Waals surface area contributed by atoms with Crippen molar-refractivity contribution in [2.24, 2.45) is 11.7 Å². The molecule has 0 bridgehead atoms. The molecular formula is C30H37FN2O2Si. The Balaban J connectivity index is 1.36. The van der Waals surface area contributed by atoms with Crippen molar-refractivity contribution in [1.29, 1.82) is 0 Å². The summed E-state index contributed by atoms with van der Waals surface area (Å²) < 4.78 is 20.1. The van der Waals surface area contributed by atoms with Gasteiger partial charge < -0.3 is 15.1 Å². The zero-order valence-electron chi connectivity index (χ0n) is 21.5. The number of carbonyl (C=O) groups excluding carboxylic acids is 1. The molecule has 0 saturated carbocycles. The van der Waals surface area contributed by atoms with Crippen LogP contribution in [0.2, 0.25) is 5.04 Å². The lowest BCUT2D eigenvalue weighted by Crippen LogP contribution is -2.67. The Kier molecular flexibility index (Phi) is 8.20. The monoisotopic (exact) mass is 504 g/mol. The molecule has 6 heteroatoms. The molecule has 1 fully saturated rings. The summed E-state index contributed by atoms with van der Waals surface area (Å²) in [5.74, 6) is -0.262. The molecule has 2 N–H and O–H groups in total. The fourth-order valence-corrected chi connectivity index (χ4v) is 9.81. The van der Waals surface area contributed by atoms with E-state index in [1.807, 2.05) is 12.1 Å². The lowest BCUT2D eigenvalue weighted by Gasteiger charge is -2.43. The predicted octanol–water partition coefficient (Wildman–Crippen LogP) is 4.23. The van der Waals surface area contributed by atoms with Crippen LogP contribution in [0.1, 0.15) is 37.6 Å². The van der Waals surface area contributed by atoms with Crippen LogP contribution in [-0.2, 0) is 4.43 Å². The first kappa shape index (κ1) is 26.4. The van der Waals surface area contributed by atoms with E-state index in [9.17, 15) is 9.18 Å². The van der Waals surface area contributed by atoms with Crippen LogP contribution in [0.5, 0.6) is 0 Å². The second-order valence-corrected chi connectivity index (χ2v) is 15.2. The second-order valence-electron chi connectivity index (χ2n) is 10.9. The highest BCUT2D eigenvalue weighted by molar-refractivity contribution is 6.99. The quantitative estimate of drug-likeness (QED) is 0.332. The van der Waals surface area contributed by atoms with Crippen molar-refractivity contribution >= 4 is 24.5 Å². The van der Waals surface area contributed by atoms with Crippen LogP contribution in [0.15, 0.2) is 84.9 Å². The number of carbonyl (C=O) groups is 1. The number of benzene rings is 3. The van der Waals surface area contributed by atoms with Gasteiger partial charge in [0.05, 0.1) is 0 Å². The molecule has 0 aliphatic carbocycles. The first-order chi connectivity index (χ1) is 17.2. The maximum absolute atomic E-state index is 13.1. The van der Waals surface area contributed by atoms with Gasteiger partial charge in [0, 0.05) is 37.2 Å². The van der Waals surface area contributed by atoms with E-state index in [0.717, 1.165) is 26.1 Å². The van der Waals surface area contributed by atoms with Gasteiger partial charge in [0.1, 0.15) is 5.82 Å². The standard InChI is InChI=1S/C30H37FN2O2Si/c1-30(2,3)36(27-10-6-4-7-11-27,28-12-8-5-9-13-28)35-22-26(32)18-19-33-20-24(21-33)29(34)23-14-16-25(31)17-15-23/h4-17,24,26H,18-22,32H2,1-3H3. The zero-order chi connectivity index (χ0) is 25.8. The van der Waals surface area contributed by atoms with Crippen LogP contribution < -0.4 is 16.1 Å². The molecule has 1 aliphatic heterocycles. The van der Waals surface area contributed by atoms with Gasteiger partial charge in [0.15, 0.2) is 5.78 Å². The summed E-state index contributed by atoms with van der Waals surface area (Å²) in [6, 6.07) is 26.9. The number of likely N-dealkylation sites (tertiary alicyclic amines) is 1. The van der Waals surface area contributed by atoms with E-state index in [2.05, 4.69) is 74.2 Å². The first-order valence-corrected chi connectivity index (χ1v) is 14.6. The smallest absolute Gasteiger partial charge is 0.261 e. The lowest BCUT2D eigenvalue weighted by molar-refractivity contribution is 0.0606.